The average molecular weight is 708 g/mol. The SMILES string of the molecule is CN1C=CN(c2[c-]c(Oc3[c-]c(N4[CH-]N(C)C(C)(C)c5ccccc54)cc4oc5ccccc5c34)ccc2)[CH-]1.[Pt+4]. The molecule has 0 fully saturated rings. The summed E-state index contributed by atoms with van der Waals surface area (Å²) in [6.45, 7) is 8.57. The number of hydrogen-bond acceptors (Lipinski definition) is 6. The zero-order valence-electron chi connectivity index (χ0n) is 22.7. The van der Waals surface area contributed by atoms with Gasteiger partial charge in [0.15, 0.2) is 0 Å². The molecule has 4 aromatic carbocycles. The number of fused-ring (bicyclic) bond motifs is 4. The number of hydrogen-bond donors (Lipinski definition) is 0. The molecule has 40 heavy (non-hydrogen) atoms. The van der Waals surface area contributed by atoms with Crippen LogP contribution in [0.25, 0.3) is 21.9 Å². The number of benzene rings is 4. The van der Waals surface area contributed by atoms with Crippen LogP contribution < -0.4 is 14.5 Å². The van der Waals surface area contributed by atoms with Gasteiger partial charge in [-0.1, -0.05) is 42.1 Å². The van der Waals surface area contributed by atoms with Gasteiger partial charge in [-0.2, -0.15) is 19.4 Å². The average Bonchev–Trinajstić information content (AvgIpc) is 3.54. The third kappa shape index (κ3) is 4.36. The van der Waals surface area contributed by atoms with E-state index in [2.05, 4.69) is 79.8 Å². The maximum absolute atomic E-state index is 6.57. The summed E-state index contributed by atoms with van der Waals surface area (Å²) in [7, 11) is 4.09. The fourth-order valence-corrected chi connectivity index (χ4v) is 5.26. The molecular weight excluding hydrogens is 679 g/mol. The van der Waals surface area contributed by atoms with Crippen LogP contribution in [0.2, 0.25) is 0 Å². The molecule has 0 unspecified atom stereocenters. The zero-order chi connectivity index (χ0) is 26.7. The molecule has 0 bridgehead atoms. The third-order valence-electron chi connectivity index (χ3n) is 7.62. The molecule has 7 heteroatoms. The summed E-state index contributed by atoms with van der Waals surface area (Å²) in [5.74, 6) is 1.20. The molecule has 0 radical (unpaired) electrons. The second-order valence-corrected chi connectivity index (χ2v) is 10.5. The molecule has 7 rings (SSSR count). The Hall–Kier alpha value is -3.73. The molecule has 0 saturated heterocycles. The maximum Gasteiger partial charge on any atom is 4.00 e. The van der Waals surface area contributed by atoms with E-state index in [0.717, 1.165) is 39.0 Å². The van der Waals surface area contributed by atoms with E-state index < -0.39 is 0 Å². The second-order valence-electron chi connectivity index (χ2n) is 10.5. The molecule has 3 heterocycles. The Kier molecular flexibility index (Phi) is 6.64. The van der Waals surface area contributed by atoms with Crippen molar-refractivity contribution in [1.29, 1.82) is 0 Å². The molecule has 0 spiro atoms. The molecule has 0 atom stereocenters. The van der Waals surface area contributed by atoms with Crippen LogP contribution >= 0.6 is 0 Å². The molecule has 2 aliphatic heterocycles. The van der Waals surface area contributed by atoms with Gasteiger partial charge in [-0.15, -0.1) is 36.0 Å². The summed E-state index contributed by atoms with van der Waals surface area (Å²) >= 11 is 0. The van der Waals surface area contributed by atoms with Crippen LogP contribution in [0.1, 0.15) is 19.4 Å². The Morgan fingerprint density at radius 1 is 0.825 bits per heavy atom. The third-order valence-corrected chi connectivity index (χ3v) is 7.62. The van der Waals surface area contributed by atoms with Crippen molar-refractivity contribution in [2.24, 2.45) is 0 Å². The van der Waals surface area contributed by atoms with Crippen molar-refractivity contribution in [3.05, 3.63) is 116 Å². The molecule has 0 aliphatic carbocycles. The number of anilines is 3. The van der Waals surface area contributed by atoms with Crippen molar-refractivity contribution >= 4 is 39.0 Å². The van der Waals surface area contributed by atoms with Crippen LogP contribution in [0.15, 0.2) is 89.6 Å². The molecule has 2 aliphatic rings. The molecule has 6 nitrogen and oxygen atoms in total. The number of rotatable bonds is 4. The standard InChI is InChI=1S/C33H28N4O2.Pt/c1-33(2)27-13-6-7-14-28(27)37(22-35(33)4)24-19-30(32-26-12-5-8-15-29(26)39-31(32)20-24)38-25-11-9-10-23(18-25)36-17-16-34(3)21-36;/h5-17,20-22H,1-4H3;/q-4;+4. The predicted molar refractivity (Wildman–Crippen MR) is 155 cm³/mol. The molecule has 5 aromatic rings. The van der Waals surface area contributed by atoms with Crippen LogP contribution in [-0.2, 0) is 26.6 Å². The number of para-hydroxylation sites is 2. The van der Waals surface area contributed by atoms with Gasteiger partial charge in [-0.25, -0.2) is 0 Å². The van der Waals surface area contributed by atoms with E-state index in [-0.39, 0.29) is 26.6 Å². The van der Waals surface area contributed by atoms with E-state index in [1.807, 2.05) is 78.4 Å². The summed E-state index contributed by atoms with van der Waals surface area (Å²) in [6, 6.07) is 31.5. The van der Waals surface area contributed by atoms with E-state index in [1.165, 1.54) is 5.56 Å². The maximum atomic E-state index is 6.57. The Morgan fingerprint density at radius 2 is 1.62 bits per heavy atom. The molecule has 1 aromatic heterocycles. The Morgan fingerprint density at radius 3 is 2.45 bits per heavy atom. The minimum Gasteiger partial charge on any atom is -0.510 e. The van der Waals surface area contributed by atoms with Crippen LogP contribution in [0.5, 0.6) is 11.5 Å². The van der Waals surface area contributed by atoms with Gasteiger partial charge in [-0.3, -0.25) is 0 Å². The molecule has 202 valence electrons. The minimum absolute atomic E-state index is 0. The summed E-state index contributed by atoms with van der Waals surface area (Å²) in [5, 5.41) is 1.87. The predicted octanol–water partition coefficient (Wildman–Crippen LogP) is 7.76. The zero-order valence-corrected chi connectivity index (χ0v) is 24.9. The minimum atomic E-state index is -0.152. The number of ether oxygens (including phenoxy) is 1. The quantitative estimate of drug-likeness (QED) is 0.178. The van der Waals surface area contributed by atoms with E-state index >= 15 is 0 Å². The molecule has 0 saturated carbocycles. The van der Waals surface area contributed by atoms with E-state index in [1.54, 1.807) is 0 Å². The van der Waals surface area contributed by atoms with Crippen LogP contribution in [0.3, 0.4) is 0 Å². The van der Waals surface area contributed by atoms with Gasteiger partial charge in [0.2, 0.25) is 0 Å². The fourth-order valence-electron chi connectivity index (χ4n) is 5.26. The van der Waals surface area contributed by atoms with Gasteiger partial charge >= 0.3 is 21.1 Å². The van der Waals surface area contributed by atoms with Crippen molar-refractivity contribution in [2.75, 3.05) is 23.9 Å². The topological polar surface area (TPSA) is 35.3 Å². The number of nitrogens with zero attached hydrogens (tertiary/aromatic N) is 4. The first kappa shape index (κ1) is 26.5. The first-order chi connectivity index (χ1) is 18.9. The van der Waals surface area contributed by atoms with Crippen molar-refractivity contribution < 1.29 is 30.2 Å². The summed E-state index contributed by atoms with van der Waals surface area (Å²) in [5.41, 5.74) is 5.46. The van der Waals surface area contributed by atoms with Gasteiger partial charge in [0.1, 0.15) is 5.58 Å². The molecular formula is C33H28N4O2Pt. The van der Waals surface area contributed by atoms with Crippen LogP contribution in [-0.4, -0.2) is 23.9 Å². The van der Waals surface area contributed by atoms with Crippen molar-refractivity contribution in [3.8, 4) is 11.5 Å². The Labute approximate surface area is 249 Å². The van der Waals surface area contributed by atoms with Gasteiger partial charge in [-0.05, 0) is 68.8 Å². The van der Waals surface area contributed by atoms with E-state index in [9.17, 15) is 0 Å². The van der Waals surface area contributed by atoms with Gasteiger partial charge in [0.05, 0.1) is 0 Å². The largest absolute Gasteiger partial charge is 4.00 e. The van der Waals surface area contributed by atoms with Crippen molar-refractivity contribution in [2.45, 2.75) is 19.4 Å². The fraction of sp³-hybridized carbons (Fsp3) is 0.152. The molecule has 0 N–H and O–H groups in total. The summed E-state index contributed by atoms with van der Waals surface area (Å²) < 4.78 is 12.9. The van der Waals surface area contributed by atoms with Crippen LogP contribution in [0.4, 0.5) is 17.1 Å². The first-order valence-electron chi connectivity index (χ1n) is 13.0. The first-order valence-corrected chi connectivity index (χ1v) is 13.0. The molecule has 0 amide bonds. The number of furan rings is 1. The Balaban J connectivity index is 0.00000289. The van der Waals surface area contributed by atoms with Gasteiger partial charge in [0, 0.05) is 28.3 Å². The normalized spacial score (nSPS) is 16.4. The monoisotopic (exact) mass is 707 g/mol. The van der Waals surface area contributed by atoms with E-state index in [4.69, 9.17) is 9.15 Å². The van der Waals surface area contributed by atoms with Gasteiger partial charge < -0.3 is 28.8 Å². The second kappa shape index (κ2) is 10.0. The van der Waals surface area contributed by atoms with Crippen molar-refractivity contribution in [3.63, 3.8) is 0 Å². The summed E-state index contributed by atoms with van der Waals surface area (Å²) in [4.78, 5) is 8.37. The smallest absolute Gasteiger partial charge is 0.510 e. The van der Waals surface area contributed by atoms with Crippen LogP contribution in [0, 0.1) is 25.5 Å². The summed E-state index contributed by atoms with van der Waals surface area (Å²) in [6.07, 6.45) is 3.98. The van der Waals surface area contributed by atoms with Crippen molar-refractivity contribution in [1.82, 2.24) is 9.80 Å². The van der Waals surface area contributed by atoms with E-state index in [0.29, 0.717) is 11.5 Å². The Bertz CT molecular complexity index is 1740. The van der Waals surface area contributed by atoms with Gasteiger partial charge in [0.25, 0.3) is 0 Å².